The number of nitrogens with two attached hydrogens (primary N) is 3. The highest BCUT2D eigenvalue weighted by Crippen LogP contribution is 2.26. The summed E-state index contributed by atoms with van der Waals surface area (Å²) in [6.07, 6.45) is 1.23. The van der Waals surface area contributed by atoms with Crippen molar-refractivity contribution >= 4 is 29.5 Å². The fraction of sp³-hybridized carbons (Fsp3) is 0.381. The number of nitrogen functional groups attached to an aromatic ring is 2. The molecule has 1 aromatic heterocycles. The van der Waals surface area contributed by atoms with Crippen LogP contribution in [0.4, 0.5) is 11.8 Å². The molecule has 0 radical (unpaired) electrons. The Morgan fingerprint density at radius 1 is 1.06 bits per heavy atom. The number of hydrogen-bond acceptors (Lipinski definition) is 9. The Morgan fingerprint density at radius 3 is 2.27 bits per heavy atom. The van der Waals surface area contributed by atoms with Gasteiger partial charge in [0.25, 0.3) is 5.91 Å². The molecule has 1 unspecified atom stereocenters. The molecule has 12 heteroatoms. The zero-order valence-electron chi connectivity index (χ0n) is 17.9. The molecular weight excluding hydrogens is 432 g/mol. The SMILES string of the molecule is NC(=O)CC[C@H](NC(=O)c1ccc(C(CO)CCCc2c(N)nc(N)nc2O)cc1)C(=O)O. The molecule has 0 aliphatic rings. The first-order valence-electron chi connectivity index (χ1n) is 10.3. The van der Waals surface area contributed by atoms with Crippen LogP contribution in [0.5, 0.6) is 5.88 Å². The molecule has 0 saturated carbocycles. The Balaban J connectivity index is 1.98. The van der Waals surface area contributed by atoms with Gasteiger partial charge in [0.15, 0.2) is 0 Å². The van der Waals surface area contributed by atoms with Gasteiger partial charge in [-0.3, -0.25) is 9.59 Å². The quantitative estimate of drug-likeness (QED) is 0.222. The van der Waals surface area contributed by atoms with E-state index in [0.29, 0.717) is 24.8 Å². The lowest BCUT2D eigenvalue weighted by molar-refractivity contribution is -0.139. The van der Waals surface area contributed by atoms with E-state index in [0.717, 1.165) is 5.56 Å². The van der Waals surface area contributed by atoms with Crippen LogP contribution in [-0.2, 0) is 16.0 Å². The molecule has 12 nitrogen and oxygen atoms in total. The normalized spacial score (nSPS) is 12.6. The summed E-state index contributed by atoms with van der Waals surface area (Å²) in [5, 5.41) is 31.3. The summed E-state index contributed by atoms with van der Waals surface area (Å²) in [6, 6.07) is 5.16. The van der Waals surface area contributed by atoms with Crippen molar-refractivity contribution < 1.29 is 29.7 Å². The number of primary amides is 1. The minimum Gasteiger partial charge on any atom is -0.493 e. The Kier molecular flexibility index (Phi) is 8.92. The second-order valence-electron chi connectivity index (χ2n) is 7.53. The number of aliphatic carboxylic acids is 1. The van der Waals surface area contributed by atoms with Gasteiger partial charge in [-0.15, -0.1) is 0 Å². The molecule has 0 bridgehead atoms. The third-order valence-electron chi connectivity index (χ3n) is 5.16. The molecule has 10 N–H and O–H groups in total. The van der Waals surface area contributed by atoms with E-state index in [1.807, 2.05) is 0 Å². The van der Waals surface area contributed by atoms with E-state index in [2.05, 4.69) is 15.3 Å². The molecule has 0 aliphatic carbocycles. The van der Waals surface area contributed by atoms with Crippen LogP contribution in [0, 0.1) is 0 Å². The van der Waals surface area contributed by atoms with Crippen molar-refractivity contribution in [2.45, 2.75) is 44.1 Å². The number of carbonyl (C=O) groups excluding carboxylic acids is 2. The van der Waals surface area contributed by atoms with Crippen LogP contribution < -0.4 is 22.5 Å². The third-order valence-corrected chi connectivity index (χ3v) is 5.16. The molecule has 1 heterocycles. The summed E-state index contributed by atoms with van der Waals surface area (Å²) in [7, 11) is 0. The van der Waals surface area contributed by atoms with Crippen molar-refractivity contribution in [3.63, 3.8) is 0 Å². The van der Waals surface area contributed by atoms with Crippen LogP contribution in [0.15, 0.2) is 24.3 Å². The maximum atomic E-state index is 12.4. The van der Waals surface area contributed by atoms with Crippen molar-refractivity contribution in [3.8, 4) is 5.88 Å². The third kappa shape index (κ3) is 7.31. The van der Waals surface area contributed by atoms with Crippen molar-refractivity contribution in [1.82, 2.24) is 15.3 Å². The van der Waals surface area contributed by atoms with Gasteiger partial charge in [-0.05, 0) is 43.4 Å². The highest BCUT2D eigenvalue weighted by molar-refractivity contribution is 5.96. The predicted molar refractivity (Wildman–Crippen MR) is 119 cm³/mol. The fourth-order valence-electron chi connectivity index (χ4n) is 3.33. The van der Waals surface area contributed by atoms with Gasteiger partial charge < -0.3 is 37.8 Å². The zero-order valence-corrected chi connectivity index (χ0v) is 17.9. The largest absolute Gasteiger partial charge is 0.493 e. The Labute approximate surface area is 189 Å². The lowest BCUT2D eigenvalue weighted by Gasteiger charge is -2.16. The van der Waals surface area contributed by atoms with E-state index in [4.69, 9.17) is 17.2 Å². The molecule has 2 rings (SSSR count). The van der Waals surface area contributed by atoms with Crippen LogP contribution in [0.1, 0.15) is 53.1 Å². The van der Waals surface area contributed by atoms with E-state index in [1.165, 1.54) is 12.1 Å². The van der Waals surface area contributed by atoms with Gasteiger partial charge in [0.05, 0.1) is 5.56 Å². The number of carbonyl (C=O) groups is 3. The number of rotatable bonds is 12. The number of nitrogens with zero attached hydrogens (tertiary/aromatic N) is 2. The summed E-state index contributed by atoms with van der Waals surface area (Å²) < 4.78 is 0. The summed E-state index contributed by atoms with van der Waals surface area (Å²) in [6.45, 7) is -0.139. The van der Waals surface area contributed by atoms with Crippen LogP contribution in [-0.4, -0.2) is 55.7 Å². The van der Waals surface area contributed by atoms with E-state index in [9.17, 15) is 29.7 Å². The second kappa shape index (κ2) is 11.6. The number of anilines is 2. The van der Waals surface area contributed by atoms with Gasteiger partial charge in [0, 0.05) is 24.5 Å². The molecule has 33 heavy (non-hydrogen) atoms. The molecule has 0 aliphatic heterocycles. The maximum Gasteiger partial charge on any atom is 0.326 e. The van der Waals surface area contributed by atoms with Gasteiger partial charge in [0.2, 0.25) is 17.7 Å². The molecule has 2 aromatic rings. The number of benzene rings is 1. The standard InChI is InChI=1S/C21H28N6O6/c22-16(29)9-8-15(20(32)33)25-18(30)12-6-4-11(5-7-12)13(10-28)2-1-3-14-17(23)26-21(24)27-19(14)31/h4-7,13,15,28H,1-3,8-10H2,(H2,22,29)(H,25,30)(H,32,33)(H5,23,24,26,27,31)/t13?,15-/m0/s1. The highest BCUT2D eigenvalue weighted by atomic mass is 16.4. The van der Waals surface area contributed by atoms with Gasteiger partial charge in [0.1, 0.15) is 11.9 Å². The van der Waals surface area contributed by atoms with E-state index >= 15 is 0 Å². The number of aliphatic hydroxyl groups excluding tert-OH is 1. The number of aromatic nitrogens is 2. The topological polar surface area (TPSA) is 228 Å². The maximum absolute atomic E-state index is 12.4. The summed E-state index contributed by atoms with van der Waals surface area (Å²) in [5.41, 5.74) is 17.6. The average Bonchev–Trinajstić information content (AvgIpc) is 2.75. The van der Waals surface area contributed by atoms with E-state index < -0.39 is 23.8 Å². The van der Waals surface area contributed by atoms with E-state index in [1.54, 1.807) is 12.1 Å². The van der Waals surface area contributed by atoms with Crippen LogP contribution in [0.2, 0.25) is 0 Å². The summed E-state index contributed by atoms with van der Waals surface area (Å²) >= 11 is 0. The first-order chi connectivity index (χ1) is 15.6. The molecule has 0 fully saturated rings. The van der Waals surface area contributed by atoms with Crippen molar-refractivity contribution in [3.05, 3.63) is 41.0 Å². The smallest absolute Gasteiger partial charge is 0.326 e. The predicted octanol–water partition coefficient (Wildman–Crippen LogP) is -0.106. The minimum absolute atomic E-state index is 0.103. The number of carboxylic acid groups (broad SMARTS) is 1. The van der Waals surface area contributed by atoms with Crippen molar-refractivity contribution in [2.75, 3.05) is 18.1 Å². The first kappa shape index (κ1) is 25.3. The molecule has 0 spiro atoms. The molecular formula is C21H28N6O6. The Bertz CT molecular complexity index is 974. The number of amides is 2. The lowest BCUT2D eigenvalue weighted by atomic mass is 9.92. The van der Waals surface area contributed by atoms with E-state index in [-0.39, 0.29) is 48.6 Å². The summed E-state index contributed by atoms with van der Waals surface area (Å²) in [4.78, 5) is 42.1. The number of hydrogen-bond donors (Lipinski definition) is 7. The monoisotopic (exact) mass is 460 g/mol. The van der Waals surface area contributed by atoms with Crippen molar-refractivity contribution in [2.24, 2.45) is 5.73 Å². The van der Waals surface area contributed by atoms with Crippen LogP contribution >= 0.6 is 0 Å². The number of aromatic hydroxyl groups is 1. The minimum atomic E-state index is -1.26. The lowest BCUT2D eigenvalue weighted by Crippen LogP contribution is -2.41. The highest BCUT2D eigenvalue weighted by Gasteiger charge is 2.21. The number of carboxylic acids is 1. The molecule has 2 atom stereocenters. The Hall–Kier alpha value is -3.93. The van der Waals surface area contributed by atoms with Gasteiger partial charge >= 0.3 is 5.97 Å². The van der Waals surface area contributed by atoms with Gasteiger partial charge in [-0.2, -0.15) is 9.97 Å². The number of nitrogens with one attached hydrogen (secondary N) is 1. The molecule has 1 aromatic carbocycles. The Morgan fingerprint density at radius 2 is 1.73 bits per heavy atom. The van der Waals surface area contributed by atoms with Gasteiger partial charge in [-0.1, -0.05) is 12.1 Å². The fourth-order valence-corrected chi connectivity index (χ4v) is 3.33. The molecule has 0 saturated heterocycles. The number of aliphatic hydroxyl groups is 1. The van der Waals surface area contributed by atoms with Crippen LogP contribution in [0.25, 0.3) is 0 Å². The molecule has 178 valence electrons. The van der Waals surface area contributed by atoms with Crippen LogP contribution in [0.3, 0.4) is 0 Å². The average molecular weight is 460 g/mol. The second-order valence-corrected chi connectivity index (χ2v) is 7.53. The van der Waals surface area contributed by atoms with Crippen molar-refractivity contribution in [1.29, 1.82) is 0 Å². The van der Waals surface area contributed by atoms with Gasteiger partial charge in [-0.25, -0.2) is 4.79 Å². The zero-order chi connectivity index (χ0) is 24.5. The first-order valence-corrected chi connectivity index (χ1v) is 10.3. The molecule has 2 amide bonds. The summed E-state index contributed by atoms with van der Waals surface area (Å²) in [5.74, 6) is -3.04.